The molecule has 5 heteroatoms. The SMILES string of the molecule is CC(C)CCN(c1nc(N)c(F)cc1F)C1CCCC1. The van der Waals surface area contributed by atoms with E-state index in [1.54, 1.807) is 0 Å². The molecule has 0 radical (unpaired) electrons. The highest BCUT2D eigenvalue weighted by molar-refractivity contribution is 5.48. The van der Waals surface area contributed by atoms with Crippen LogP contribution in [0.25, 0.3) is 0 Å². The van der Waals surface area contributed by atoms with Crippen LogP contribution in [-0.2, 0) is 0 Å². The zero-order valence-corrected chi connectivity index (χ0v) is 12.2. The van der Waals surface area contributed by atoms with E-state index >= 15 is 0 Å². The predicted octanol–water partition coefficient (Wildman–Crippen LogP) is 3.74. The second-order valence-electron chi connectivity index (χ2n) is 5.98. The Balaban J connectivity index is 2.27. The molecule has 1 fully saturated rings. The van der Waals surface area contributed by atoms with Crippen molar-refractivity contribution < 1.29 is 8.78 Å². The fourth-order valence-electron chi connectivity index (χ4n) is 2.75. The summed E-state index contributed by atoms with van der Waals surface area (Å²) in [6.07, 6.45) is 5.34. The standard InChI is InChI=1S/C15H23F2N3/c1-10(2)7-8-20(11-5-3-4-6-11)15-13(17)9-12(16)14(18)19-15/h9-11H,3-8H2,1-2H3,(H2,18,19). The molecule has 112 valence electrons. The molecule has 0 bridgehead atoms. The number of halogens is 2. The van der Waals surface area contributed by atoms with Crippen molar-refractivity contribution in [2.75, 3.05) is 17.2 Å². The Hall–Kier alpha value is -1.39. The number of nitrogens with two attached hydrogens (primary N) is 1. The van der Waals surface area contributed by atoms with Crippen molar-refractivity contribution in [1.29, 1.82) is 0 Å². The van der Waals surface area contributed by atoms with Crippen molar-refractivity contribution >= 4 is 11.6 Å². The first-order valence-electron chi connectivity index (χ1n) is 7.37. The Morgan fingerprint density at radius 1 is 1.30 bits per heavy atom. The van der Waals surface area contributed by atoms with Gasteiger partial charge in [0.05, 0.1) is 0 Å². The largest absolute Gasteiger partial charge is 0.381 e. The van der Waals surface area contributed by atoms with Gasteiger partial charge in [0.25, 0.3) is 0 Å². The van der Waals surface area contributed by atoms with Crippen LogP contribution < -0.4 is 10.6 Å². The van der Waals surface area contributed by atoms with Crippen LogP contribution in [0, 0.1) is 17.6 Å². The number of pyridine rings is 1. The van der Waals surface area contributed by atoms with Crippen LogP contribution in [0.2, 0.25) is 0 Å². The van der Waals surface area contributed by atoms with Crippen LogP contribution in [0.3, 0.4) is 0 Å². The second-order valence-corrected chi connectivity index (χ2v) is 5.98. The molecule has 0 aliphatic heterocycles. The van der Waals surface area contributed by atoms with Crippen molar-refractivity contribution in [1.82, 2.24) is 4.98 Å². The minimum Gasteiger partial charge on any atom is -0.381 e. The lowest BCUT2D eigenvalue weighted by Crippen LogP contribution is -2.36. The van der Waals surface area contributed by atoms with Gasteiger partial charge in [-0.2, -0.15) is 0 Å². The Bertz CT molecular complexity index is 457. The summed E-state index contributed by atoms with van der Waals surface area (Å²) in [5, 5.41) is 0. The normalized spacial score (nSPS) is 16.1. The smallest absolute Gasteiger partial charge is 0.168 e. The third-order valence-electron chi connectivity index (χ3n) is 3.92. The summed E-state index contributed by atoms with van der Waals surface area (Å²) in [5.41, 5.74) is 5.50. The molecule has 20 heavy (non-hydrogen) atoms. The van der Waals surface area contributed by atoms with E-state index < -0.39 is 11.6 Å². The van der Waals surface area contributed by atoms with Gasteiger partial charge in [-0.05, 0) is 25.2 Å². The first-order chi connectivity index (χ1) is 9.49. The minimum atomic E-state index is -0.790. The fraction of sp³-hybridized carbons (Fsp3) is 0.667. The summed E-state index contributed by atoms with van der Waals surface area (Å²) in [5.74, 6) is -0.904. The van der Waals surface area contributed by atoms with Gasteiger partial charge in [-0.1, -0.05) is 26.7 Å². The van der Waals surface area contributed by atoms with Crippen LogP contribution in [0.4, 0.5) is 20.4 Å². The van der Waals surface area contributed by atoms with Gasteiger partial charge >= 0.3 is 0 Å². The lowest BCUT2D eigenvalue weighted by molar-refractivity contribution is 0.507. The monoisotopic (exact) mass is 283 g/mol. The Kier molecular flexibility index (Phi) is 4.78. The zero-order chi connectivity index (χ0) is 14.7. The van der Waals surface area contributed by atoms with Gasteiger partial charge < -0.3 is 10.6 Å². The van der Waals surface area contributed by atoms with E-state index in [1.807, 2.05) is 4.90 Å². The van der Waals surface area contributed by atoms with E-state index in [2.05, 4.69) is 18.8 Å². The molecule has 3 nitrogen and oxygen atoms in total. The lowest BCUT2D eigenvalue weighted by atomic mass is 10.1. The van der Waals surface area contributed by atoms with E-state index in [4.69, 9.17) is 5.73 Å². The number of rotatable bonds is 5. The van der Waals surface area contributed by atoms with Gasteiger partial charge in [-0.15, -0.1) is 0 Å². The second kappa shape index (κ2) is 6.37. The summed E-state index contributed by atoms with van der Waals surface area (Å²) in [4.78, 5) is 5.93. The van der Waals surface area contributed by atoms with Crippen molar-refractivity contribution in [2.24, 2.45) is 5.92 Å². The quantitative estimate of drug-likeness (QED) is 0.895. The molecular formula is C15H23F2N3. The molecule has 1 aliphatic carbocycles. The molecule has 0 saturated heterocycles. The Morgan fingerprint density at radius 3 is 2.55 bits per heavy atom. The average molecular weight is 283 g/mol. The van der Waals surface area contributed by atoms with Crippen molar-refractivity contribution in [2.45, 2.75) is 52.0 Å². The van der Waals surface area contributed by atoms with Gasteiger partial charge in [0.1, 0.15) is 0 Å². The van der Waals surface area contributed by atoms with E-state index in [0.717, 1.165) is 44.7 Å². The number of nitrogen functional groups attached to an aromatic ring is 1. The molecule has 1 aliphatic rings. The fourth-order valence-corrected chi connectivity index (χ4v) is 2.75. The van der Waals surface area contributed by atoms with Gasteiger partial charge in [0.2, 0.25) is 0 Å². The summed E-state index contributed by atoms with van der Waals surface area (Å²) in [6, 6.07) is 1.13. The number of anilines is 2. The first-order valence-corrected chi connectivity index (χ1v) is 7.37. The zero-order valence-electron chi connectivity index (χ0n) is 12.2. The first kappa shape index (κ1) is 15.0. The molecule has 1 aromatic heterocycles. The Morgan fingerprint density at radius 2 is 1.95 bits per heavy atom. The Labute approximate surface area is 119 Å². The van der Waals surface area contributed by atoms with Crippen LogP contribution in [0.1, 0.15) is 46.0 Å². The number of hydrogen-bond acceptors (Lipinski definition) is 3. The summed E-state index contributed by atoms with van der Waals surface area (Å²) in [7, 11) is 0. The molecule has 0 spiro atoms. The maximum absolute atomic E-state index is 14.1. The molecule has 0 unspecified atom stereocenters. The number of hydrogen-bond donors (Lipinski definition) is 1. The molecule has 0 amide bonds. The highest BCUT2D eigenvalue weighted by atomic mass is 19.1. The van der Waals surface area contributed by atoms with Gasteiger partial charge in [-0.25, -0.2) is 13.8 Å². The van der Waals surface area contributed by atoms with Gasteiger partial charge in [-0.3, -0.25) is 0 Å². The third kappa shape index (κ3) is 3.38. The van der Waals surface area contributed by atoms with E-state index in [1.165, 1.54) is 0 Å². The topological polar surface area (TPSA) is 42.2 Å². The number of aromatic nitrogens is 1. The van der Waals surface area contributed by atoms with Crippen LogP contribution in [0.5, 0.6) is 0 Å². The molecule has 1 heterocycles. The highest BCUT2D eigenvalue weighted by Crippen LogP contribution is 2.30. The molecule has 0 atom stereocenters. The molecule has 2 N–H and O–H groups in total. The average Bonchev–Trinajstić information content (AvgIpc) is 2.89. The maximum atomic E-state index is 14.1. The van der Waals surface area contributed by atoms with Gasteiger partial charge in [0, 0.05) is 18.7 Å². The number of nitrogens with zero attached hydrogens (tertiary/aromatic N) is 2. The molecule has 2 rings (SSSR count). The highest BCUT2D eigenvalue weighted by Gasteiger charge is 2.26. The van der Waals surface area contributed by atoms with Crippen LogP contribution in [0.15, 0.2) is 6.07 Å². The molecule has 0 aromatic carbocycles. The van der Waals surface area contributed by atoms with Crippen molar-refractivity contribution in [3.8, 4) is 0 Å². The van der Waals surface area contributed by atoms with Crippen LogP contribution >= 0.6 is 0 Å². The van der Waals surface area contributed by atoms with E-state index in [-0.39, 0.29) is 11.6 Å². The summed E-state index contributed by atoms with van der Waals surface area (Å²) in [6.45, 7) is 5.00. The molecule has 1 aromatic rings. The van der Waals surface area contributed by atoms with Crippen molar-refractivity contribution in [3.63, 3.8) is 0 Å². The maximum Gasteiger partial charge on any atom is 0.168 e. The van der Waals surface area contributed by atoms with E-state index in [9.17, 15) is 8.78 Å². The van der Waals surface area contributed by atoms with E-state index in [0.29, 0.717) is 12.0 Å². The molecule has 1 saturated carbocycles. The minimum absolute atomic E-state index is 0.205. The summed E-state index contributed by atoms with van der Waals surface area (Å²) >= 11 is 0. The molecular weight excluding hydrogens is 260 g/mol. The predicted molar refractivity (Wildman–Crippen MR) is 77.6 cm³/mol. The summed E-state index contributed by atoms with van der Waals surface area (Å²) < 4.78 is 27.3. The van der Waals surface area contributed by atoms with Crippen LogP contribution in [-0.4, -0.2) is 17.6 Å². The van der Waals surface area contributed by atoms with Crippen molar-refractivity contribution in [3.05, 3.63) is 17.7 Å². The third-order valence-corrected chi connectivity index (χ3v) is 3.92. The van der Waals surface area contributed by atoms with Gasteiger partial charge in [0.15, 0.2) is 23.3 Å². The lowest BCUT2D eigenvalue weighted by Gasteiger charge is -2.31.